The van der Waals surface area contributed by atoms with Crippen LogP contribution >= 0.6 is 11.6 Å². The molecule has 0 radical (unpaired) electrons. The van der Waals surface area contributed by atoms with Crippen LogP contribution in [0.3, 0.4) is 0 Å². The molecule has 0 aliphatic rings. The fourth-order valence-electron chi connectivity index (χ4n) is 2.21. The highest BCUT2D eigenvalue weighted by atomic mass is 35.5. The lowest BCUT2D eigenvalue weighted by molar-refractivity contribution is 0.243. The van der Waals surface area contributed by atoms with Crippen LogP contribution in [0.25, 0.3) is 6.08 Å². The standard InChI is InChI=1S/C18H20ClNO/c1-5-14-12-15(19)10-11-16(14)20(4)17-8-6-7-9-18(17)21-13(2)3/h5-13H,1H2,2-4H3. The van der Waals surface area contributed by atoms with Crippen molar-refractivity contribution in [1.29, 1.82) is 0 Å². The molecule has 2 aromatic rings. The van der Waals surface area contributed by atoms with Gasteiger partial charge in [-0.2, -0.15) is 0 Å². The van der Waals surface area contributed by atoms with Crippen molar-refractivity contribution in [3.63, 3.8) is 0 Å². The topological polar surface area (TPSA) is 12.5 Å². The molecular formula is C18H20ClNO. The van der Waals surface area contributed by atoms with Crippen molar-refractivity contribution in [2.75, 3.05) is 11.9 Å². The summed E-state index contributed by atoms with van der Waals surface area (Å²) >= 11 is 6.06. The van der Waals surface area contributed by atoms with Gasteiger partial charge in [0.2, 0.25) is 0 Å². The summed E-state index contributed by atoms with van der Waals surface area (Å²) in [6.45, 7) is 7.91. The van der Waals surface area contributed by atoms with Crippen molar-refractivity contribution < 1.29 is 4.74 Å². The van der Waals surface area contributed by atoms with Crippen LogP contribution in [0.5, 0.6) is 5.75 Å². The van der Waals surface area contributed by atoms with Crippen LogP contribution in [0.15, 0.2) is 49.0 Å². The van der Waals surface area contributed by atoms with Gasteiger partial charge in [-0.05, 0) is 49.7 Å². The molecule has 0 aromatic heterocycles. The van der Waals surface area contributed by atoms with Crippen LogP contribution in [0.2, 0.25) is 5.02 Å². The molecule has 0 unspecified atom stereocenters. The molecule has 21 heavy (non-hydrogen) atoms. The Balaban J connectivity index is 2.45. The van der Waals surface area contributed by atoms with Gasteiger partial charge >= 0.3 is 0 Å². The maximum absolute atomic E-state index is 6.06. The van der Waals surface area contributed by atoms with Crippen LogP contribution in [0.4, 0.5) is 11.4 Å². The molecule has 0 fully saturated rings. The van der Waals surface area contributed by atoms with Crippen molar-refractivity contribution in [3.8, 4) is 5.75 Å². The third kappa shape index (κ3) is 3.59. The Morgan fingerprint density at radius 3 is 2.52 bits per heavy atom. The predicted molar refractivity (Wildman–Crippen MR) is 91.8 cm³/mol. The third-order valence-electron chi connectivity index (χ3n) is 3.16. The van der Waals surface area contributed by atoms with Crippen LogP contribution in [0, 0.1) is 0 Å². The zero-order valence-corrected chi connectivity index (χ0v) is 13.4. The number of halogens is 1. The van der Waals surface area contributed by atoms with Crippen molar-refractivity contribution in [1.82, 2.24) is 0 Å². The first-order valence-electron chi connectivity index (χ1n) is 6.94. The molecule has 110 valence electrons. The Morgan fingerprint density at radius 1 is 1.14 bits per heavy atom. The SMILES string of the molecule is C=Cc1cc(Cl)ccc1N(C)c1ccccc1OC(C)C. The molecule has 0 amide bonds. The summed E-state index contributed by atoms with van der Waals surface area (Å²) in [5.74, 6) is 0.861. The Labute approximate surface area is 131 Å². The maximum Gasteiger partial charge on any atom is 0.143 e. The van der Waals surface area contributed by atoms with E-state index in [0.29, 0.717) is 5.02 Å². The normalized spacial score (nSPS) is 10.5. The molecule has 2 aromatic carbocycles. The third-order valence-corrected chi connectivity index (χ3v) is 3.40. The summed E-state index contributed by atoms with van der Waals surface area (Å²) in [7, 11) is 2.01. The summed E-state index contributed by atoms with van der Waals surface area (Å²) in [4.78, 5) is 2.09. The van der Waals surface area contributed by atoms with Crippen LogP contribution < -0.4 is 9.64 Å². The molecule has 0 atom stereocenters. The predicted octanol–water partition coefficient (Wildman–Crippen LogP) is 5.54. The number of hydrogen-bond donors (Lipinski definition) is 0. The second kappa shape index (κ2) is 6.68. The minimum atomic E-state index is 0.128. The van der Waals surface area contributed by atoms with Crippen LogP contribution in [-0.2, 0) is 0 Å². The van der Waals surface area contributed by atoms with E-state index in [1.54, 1.807) is 0 Å². The molecule has 0 spiro atoms. The van der Waals surface area contributed by atoms with E-state index in [4.69, 9.17) is 16.3 Å². The number of para-hydroxylation sites is 2. The first-order valence-corrected chi connectivity index (χ1v) is 7.32. The Hall–Kier alpha value is -1.93. The summed E-state index contributed by atoms with van der Waals surface area (Å²) in [5.41, 5.74) is 3.04. The summed E-state index contributed by atoms with van der Waals surface area (Å²) < 4.78 is 5.89. The molecule has 2 nitrogen and oxygen atoms in total. The highest BCUT2D eigenvalue weighted by Gasteiger charge is 2.13. The molecule has 0 N–H and O–H groups in total. The van der Waals surface area contributed by atoms with E-state index in [9.17, 15) is 0 Å². The quantitative estimate of drug-likeness (QED) is 0.719. The number of rotatable bonds is 5. The Morgan fingerprint density at radius 2 is 1.86 bits per heavy atom. The highest BCUT2D eigenvalue weighted by Crippen LogP contribution is 2.35. The lowest BCUT2D eigenvalue weighted by Gasteiger charge is -2.25. The fourth-order valence-corrected chi connectivity index (χ4v) is 2.39. The molecule has 3 heteroatoms. The Bertz CT molecular complexity index is 637. The number of anilines is 2. The summed E-state index contributed by atoms with van der Waals surface area (Å²) in [6, 6.07) is 13.8. The van der Waals surface area contributed by atoms with Gasteiger partial charge in [-0.1, -0.05) is 36.4 Å². The van der Waals surface area contributed by atoms with E-state index in [2.05, 4.69) is 11.5 Å². The second-order valence-electron chi connectivity index (χ2n) is 5.10. The van der Waals surface area contributed by atoms with E-state index >= 15 is 0 Å². The van der Waals surface area contributed by atoms with Gasteiger partial charge in [-0.15, -0.1) is 0 Å². The van der Waals surface area contributed by atoms with Gasteiger partial charge in [0.15, 0.2) is 0 Å². The monoisotopic (exact) mass is 301 g/mol. The fraction of sp³-hybridized carbons (Fsp3) is 0.222. The average molecular weight is 302 g/mol. The number of nitrogens with zero attached hydrogens (tertiary/aromatic N) is 1. The van der Waals surface area contributed by atoms with Crippen molar-refractivity contribution in [2.45, 2.75) is 20.0 Å². The first-order chi connectivity index (χ1) is 10.0. The van der Waals surface area contributed by atoms with Crippen molar-refractivity contribution in [2.24, 2.45) is 0 Å². The van der Waals surface area contributed by atoms with Gasteiger partial charge in [0.05, 0.1) is 11.8 Å². The van der Waals surface area contributed by atoms with Crippen LogP contribution in [0.1, 0.15) is 19.4 Å². The van der Waals surface area contributed by atoms with E-state index in [1.165, 1.54) is 0 Å². The molecular weight excluding hydrogens is 282 g/mol. The summed E-state index contributed by atoms with van der Waals surface area (Å²) in [5, 5.41) is 0.703. The van der Waals surface area contributed by atoms with Gasteiger partial charge in [0.25, 0.3) is 0 Å². The number of hydrogen-bond acceptors (Lipinski definition) is 2. The van der Waals surface area contributed by atoms with E-state index in [1.807, 2.05) is 69.4 Å². The maximum atomic E-state index is 6.06. The second-order valence-corrected chi connectivity index (χ2v) is 5.54. The summed E-state index contributed by atoms with van der Waals surface area (Å²) in [6.07, 6.45) is 1.94. The average Bonchev–Trinajstić information content (AvgIpc) is 2.46. The zero-order chi connectivity index (χ0) is 15.4. The lowest BCUT2D eigenvalue weighted by Crippen LogP contribution is -2.14. The van der Waals surface area contributed by atoms with Crippen molar-refractivity contribution in [3.05, 3.63) is 59.6 Å². The number of benzene rings is 2. The van der Waals surface area contributed by atoms with Gasteiger partial charge in [-0.25, -0.2) is 0 Å². The van der Waals surface area contributed by atoms with Gasteiger partial charge in [-0.3, -0.25) is 0 Å². The minimum absolute atomic E-state index is 0.128. The van der Waals surface area contributed by atoms with Gasteiger partial charge in [0.1, 0.15) is 5.75 Å². The molecule has 0 saturated heterocycles. The van der Waals surface area contributed by atoms with Crippen molar-refractivity contribution >= 4 is 29.1 Å². The van der Waals surface area contributed by atoms with E-state index < -0.39 is 0 Å². The molecule has 0 aliphatic heterocycles. The first kappa shape index (κ1) is 15.5. The molecule has 0 bridgehead atoms. The van der Waals surface area contributed by atoms with Crippen LogP contribution in [-0.4, -0.2) is 13.2 Å². The van der Waals surface area contributed by atoms with Gasteiger partial charge in [0, 0.05) is 17.8 Å². The van der Waals surface area contributed by atoms with Gasteiger partial charge < -0.3 is 9.64 Å². The van der Waals surface area contributed by atoms with E-state index in [-0.39, 0.29) is 6.10 Å². The molecule has 2 rings (SSSR count). The highest BCUT2D eigenvalue weighted by molar-refractivity contribution is 6.30. The largest absolute Gasteiger partial charge is 0.489 e. The molecule has 0 heterocycles. The lowest BCUT2D eigenvalue weighted by atomic mass is 10.1. The van der Waals surface area contributed by atoms with E-state index in [0.717, 1.165) is 22.7 Å². The minimum Gasteiger partial charge on any atom is -0.489 e. The zero-order valence-electron chi connectivity index (χ0n) is 12.6. The Kier molecular flexibility index (Phi) is 4.92. The molecule has 0 saturated carbocycles. The molecule has 0 aliphatic carbocycles. The smallest absolute Gasteiger partial charge is 0.143 e. The number of ether oxygens (including phenoxy) is 1.